The van der Waals surface area contributed by atoms with Crippen molar-refractivity contribution in [3.05, 3.63) is 34.8 Å². The Kier molecular flexibility index (Phi) is 3.88. The van der Waals surface area contributed by atoms with Crippen molar-refractivity contribution >= 4 is 44.5 Å². The number of anilines is 1. The number of aromatic nitrogens is 1. The number of carbonyl (C=O) groups is 2. The lowest BCUT2D eigenvalue weighted by molar-refractivity contribution is -0.128. The SMILES string of the molecule is O=C1CCC[C@H](C(=O)Nc2ccc3cccc(Br)c3n2)N1. The molecule has 2 aromatic rings. The van der Waals surface area contributed by atoms with Crippen molar-refractivity contribution in [3.8, 4) is 0 Å². The minimum atomic E-state index is -0.469. The van der Waals surface area contributed by atoms with Crippen LogP contribution < -0.4 is 10.6 Å². The molecular weight excluding hydrogens is 334 g/mol. The Bertz CT molecular complexity index is 717. The molecule has 1 saturated heterocycles. The van der Waals surface area contributed by atoms with Crippen LogP contribution in [-0.2, 0) is 9.59 Å². The van der Waals surface area contributed by atoms with Gasteiger partial charge in [0.15, 0.2) is 0 Å². The molecule has 0 spiro atoms. The summed E-state index contributed by atoms with van der Waals surface area (Å²) in [7, 11) is 0. The van der Waals surface area contributed by atoms with Gasteiger partial charge in [0.25, 0.3) is 0 Å². The third-order valence-corrected chi connectivity index (χ3v) is 4.11. The lowest BCUT2D eigenvalue weighted by atomic mass is 10.0. The van der Waals surface area contributed by atoms with Gasteiger partial charge < -0.3 is 10.6 Å². The van der Waals surface area contributed by atoms with E-state index >= 15 is 0 Å². The Morgan fingerprint density at radius 3 is 3.00 bits per heavy atom. The first-order valence-corrected chi connectivity index (χ1v) is 7.58. The Morgan fingerprint density at radius 1 is 1.33 bits per heavy atom. The highest BCUT2D eigenvalue weighted by Gasteiger charge is 2.24. The molecule has 0 saturated carbocycles. The van der Waals surface area contributed by atoms with Gasteiger partial charge in [0.1, 0.15) is 11.9 Å². The van der Waals surface area contributed by atoms with Crippen LogP contribution in [0.3, 0.4) is 0 Å². The number of nitrogens with zero attached hydrogens (tertiary/aromatic N) is 1. The largest absolute Gasteiger partial charge is 0.344 e. The summed E-state index contributed by atoms with van der Waals surface area (Å²) in [5.41, 5.74) is 0.794. The van der Waals surface area contributed by atoms with Crippen LogP contribution in [0.2, 0.25) is 0 Å². The third kappa shape index (κ3) is 3.05. The Hall–Kier alpha value is -1.95. The lowest BCUT2D eigenvalue weighted by Crippen LogP contribution is -2.46. The highest BCUT2D eigenvalue weighted by molar-refractivity contribution is 9.10. The smallest absolute Gasteiger partial charge is 0.248 e. The zero-order valence-corrected chi connectivity index (χ0v) is 12.8. The first-order chi connectivity index (χ1) is 10.1. The highest BCUT2D eigenvalue weighted by atomic mass is 79.9. The molecule has 21 heavy (non-hydrogen) atoms. The van der Waals surface area contributed by atoms with Crippen LogP contribution >= 0.6 is 15.9 Å². The summed E-state index contributed by atoms with van der Waals surface area (Å²) in [6.45, 7) is 0. The summed E-state index contributed by atoms with van der Waals surface area (Å²) in [5.74, 6) is 0.191. The predicted octanol–water partition coefficient (Wildman–Crippen LogP) is 2.60. The van der Waals surface area contributed by atoms with Gasteiger partial charge in [-0.25, -0.2) is 4.98 Å². The minimum Gasteiger partial charge on any atom is -0.344 e. The second kappa shape index (κ2) is 5.81. The fraction of sp³-hybridized carbons (Fsp3) is 0.267. The molecule has 0 radical (unpaired) electrons. The van der Waals surface area contributed by atoms with Crippen molar-refractivity contribution < 1.29 is 9.59 Å². The fourth-order valence-corrected chi connectivity index (χ4v) is 2.87. The molecule has 2 N–H and O–H groups in total. The van der Waals surface area contributed by atoms with E-state index in [4.69, 9.17) is 0 Å². The maximum atomic E-state index is 12.2. The van der Waals surface area contributed by atoms with Gasteiger partial charge in [-0.05, 0) is 47.0 Å². The van der Waals surface area contributed by atoms with Crippen molar-refractivity contribution in [2.45, 2.75) is 25.3 Å². The highest BCUT2D eigenvalue weighted by Crippen LogP contribution is 2.23. The number of carbonyl (C=O) groups excluding carboxylic acids is 2. The first-order valence-electron chi connectivity index (χ1n) is 6.79. The molecule has 1 atom stereocenters. The number of fused-ring (bicyclic) bond motifs is 1. The van der Waals surface area contributed by atoms with Crippen LogP contribution in [0.25, 0.3) is 10.9 Å². The van der Waals surface area contributed by atoms with E-state index in [1.54, 1.807) is 6.07 Å². The third-order valence-electron chi connectivity index (χ3n) is 3.47. The number of benzene rings is 1. The van der Waals surface area contributed by atoms with Crippen molar-refractivity contribution in [2.24, 2.45) is 0 Å². The summed E-state index contributed by atoms with van der Waals surface area (Å²) >= 11 is 3.45. The maximum Gasteiger partial charge on any atom is 0.248 e. The molecule has 0 aliphatic carbocycles. The van der Waals surface area contributed by atoms with E-state index in [1.165, 1.54) is 0 Å². The lowest BCUT2D eigenvalue weighted by Gasteiger charge is -2.22. The Labute approximate surface area is 130 Å². The summed E-state index contributed by atoms with van der Waals surface area (Å²) < 4.78 is 0.877. The maximum absolute atomic E-state index is 12.2. The van der Waals surface area contributed by atoms with E-state index in [0.29, 0.717) is 18.7 Å². The second-order valence-corrected chi connectivity index (χ2v) is 5.86. The van der Waals surface area contributed by atoms with Gasteiger partial charge in [-0.1, -0.05) is 12.1 Å². The molecule has 2 heterocycles. The Morgan fingerprint density at radius 2 is 2.19 bits per heavy atom. The van der Waals surface area contributed by atoms with Crippen molar-refractivity contribution in [1.29, 1.82) is 0 Å². The molecule has 1 aliphatic heterocycles. The molecule has 1 aliphatic rings. The van der Waals surface area contributed by atoms with E-state index in [9.17, 15) is 9.59 Å². The number of hydrogen-bond donors (Lipinski definition) is 2. The first kappa shape index (κ1) is 14.0. The van der Waals surface area contributed by atoms with Crippen LogP contribution in [-0.4, -0.2) is 22.8 Å². The quantitative estimate of drug-likeness (QED) is 0.876. The normalized spacial score (nSPS) is 18.3. The van der Waals surface area contributed by atoms with E-state index in [0.717, 1.165) is 21.8 Å². The van der Waals surface area contributed by atoms with E-state index < -0.39 is 6.04 Å². The van der Waals surface area contributed by atoms with Gasteiger partial charge in [-0.3, -0.25) is 9.59 Å². The number of amides is 2. The van der Waals surface area contributed by atoms with Crippen molar-refractivity contribution in [3.63, 3.8) is 0 Å². The molecule has 108 valence electrons. The number of piperidine rings is 1. The van der Waals surface area contributed by atoms with Gasteiger partial charge in [-0.2, -0.15) is 0 Å². The zero-order valence-electron chi connectivity index (χ0n) is 11.2. The molecule has 5 nitrogen and oxygen atoms in total. The average molecular weight is 348 g/mol. The summed E-state index contributed by atoms with van der Waals surface area (Å²) in [4.78, 5) is 27.9. The minimum absolute atomic E-state index is 0.0735. The second-order valence-electron chi connectivity index (χ2n) is 5.01. The van der Waals surface area contributed by atoms with Crippen LogP contribution in [0, 0.1) is 0 Å². The number of hydrogen-bond acceptors (Lipinski definition) is 3. The predicted molar refractivity (Wildman–Crippen MR) is 83.9 cm³/mol. The van der Waals surface area contributed by atoms with E-state index in [2.05, 4.69) is 31.5 Å². The average Bonchev–Trinajstić information content (AvgIpc) is 2.48. The molecule has 1 fully saturated rings. The molecule has 1 aromatic carbocycles. The van der Waals surface area contributed by atoms with Crippen LogP contribution in [0.4, 0.5) is 5.82 Å². The Balaban J connectivity index is 1.79. The summed E-state index contributed by atoms with van der Waals surface area (Å²) in [5, 5.41) is 6.46. The van der Waals surface area contributed by atoms with Crippen LogP contribution in [0.1, 0.15) is 19.3 Å². The van der Waals surface area contributed by atoms with Crippen LogP contribution in [0.5, 0.6) is 0 Å². The van der Waals surface area contributed by atoms with Crippen molar-refractivity contribution in [2.75, 3.05) is 5.32 Å². The van der Waals surface area contributed by atoms with Crippen LogP contribution in [0.15, 0.2) is 34.8 Å². The van der Waals surface area contributed by atoms with Gasteiger partial charge in [0, 0.05) is 16.3 Å². The molecule has 1 aromatic heterocycles. The van der Waals surface area contributed by atoms with E-state index in [1.807, 2.05) is 24.3 Å². The topological polar surface area (TPSA) is 71.1 Å². The summed E-state index contributed by atoms with van der Waals surface area (Å²) in [6, 6.07) is 8.99. The van der Waals surface area contributed by atoms with E-state index in [-0.39, 0.29) is 11.8 Å². The number of para-hydroxylation sites is 1. The van der Waals surface area contributed by atoms with Gasteiger partial charge in [0.05, 0.1) is 5.52 Å². The number of rotatable bonds is 2. The van der Waals surface area contributed by atoms with Crippen molar-refractivity contribution in [1.82, 2.24) is 10.3 Å². The number of pyridine rings is 1. The molecular formula is C15H14BrN3O2. The number of halogens is 1. The van der Waals surface area contributed by atoms with Gasteiger partial charge in [-0.15, -0.1) is 0 Å². The molecule has 3 rings (SSSR count). The monoisotopic (exact) mass is 347 g/mol. The molecule has 0 unspecified atom stereocenters. The van der Waals surface area contributed by atoms with Gasteiger partial charge >= 0.3 is 0 Å². The fourth-order valence-electron chi connectivity index (χ4n) is 2.40. The molecule has 0 bridgehead atoms. The standard InChI is InChI=1S/C15H14BrN3O2/c16-10-4-1-3-9-7-8-12(18-14(9)10)19-15(21)11-5-2-6-13(20)17-11/h1,3-4,7-8,11H,2,5-6H2,(H,17,20)(H,18,19,21)/t11-/m1/s1. The number of nitrogens with one attached hydrogen (secondary N) is 2. The molecule has 6 heteroatoms. The summed E-state index contributed by atoms with van der Waals surface area (Å²) in [6.07, 6.45) is 1.89. The molecule has 2 amide bonds. The van der Waals surface area contributed by atoms with Gasteiger partial charge in [0.2, 0.25) is 11.8 Å². The zero-order chi connectivity index (χ0) is 14.8.